The molecular formula is C9H6ClF3N2OS. The molecule has 2 aromatic heterocycles. The van der Waals surface area contributed by atoms with Crippen LogP contribution in [-0.4, -0.2) is 4.98 Å². The molecule has 1 unspecified atom stereocenters. The SMILES string of the molecule is NC(c1cnc(C(F)(F)F)s1)c1ccoc1Cl. The maximum Gasteiger partial charge on any atom is 0.443 e. The van der Waals surface area contributed by atoms with E-state index in [0.29, 0.717) is 16.9 Å². The highest BCUT2D eigenvalue weighted by Crippen LogP contribution is 2.36. The van der Waals surface area contributed by atoms with Crippen molar-refractivity contribution in [1.29, 1.82) is 0 Å². The van der Waals surface area contributed by atoms with Crippen molar-refractivity contribution in [3.8, 4) is 0 Å². The van der Waals surface area contributed by atoms with Crippen molar-refractivity contribution < 1.29 is 17.6 Å². The lowest BCUT2D eigenvalue weighted by Crippen LogP contribution is -2.09. The summed E-state index contributed by atoms with van der Waals surface area (Å²) in [7, 11) is 0. The zero-order valence-corrected chi connectivity index (χ0v) is 9.73. The predicted molar refractivity (Wildman–Crippen MR) is 56.9 cm³/mol. The van der Waals surface area contributed by atoms with E-state index in [9.17, 15) is 13.2 Å². The van der Waals surface area contributed by atoms with Crippen LogP contribution >= 0.6 is 22.9 Å². The van der Waals surface area contributed by atoms with Crippen LogP contribution in [0.25, 0.3) is 0 Å². The van der Waals surface area contributed by atoms with Gasteiger partial charge in [0, 0.05) is 16.6 Å². The fourth-order valence-electron chi connectivity index (χ4n) is 1.24. The number of hydrogen-bond acceptors (Lipinski definition) is 4. The van der Waals surface area contributed by atoms with E-state index in [1.54, 1.807) is 0 Å². The van der Waals surface area contributed by atoms with Gasteiger partial charge in [0.25, 0.3) is 0 Å². The largest absolute Gasteiger partial charge is 0.453 e. The number of halogens is 4. The van der Waals surface area contributed by atoms with Crippen LogP contribution in [0.5, 0.6) is 0 Å². The Morgan fingerprint density at radius 2 is 2.18 bits per heavy atom. The summed E-state index contributed by atoms with van der Waals surface area (Å²) in [6.07, 6.45) is -2.03. The first-order valence-corrected chi connectivity index (χ1v) is 5.60. The Bertz CT molecular complexity index is 522. The molecule has 0 aliphatic heterocycles. The lowest BCUT2D eigenvalue weighted by Gasteiger charge is -2.06. The van der Waals surface area contributed by atoms with E-state index in [0.717, 1.165) is 6.20 Å². The second-order valence-corrected chi connectivity index (χ2v) is 4.60. The molecule has 0 amide bonds. The van der Waals surface area contributed by atoms with Crippen LogP contribution in [0.2, 0.25) is 5.22 Å². The van der Waals surface area contributed by atoms with Crippen molar-refractivity contribution >= 4 is 22.9 Å². The summed E-state index contributed by atoms with van der Waals surface area (Å²) in [4.78, 5) is 3.57. The molecule has 0 radical (unpaired) electrons. The monoisotopic (exact) mass is 282 g/mol. The van der Waals surface area contributed by atoms with Gasteiger partial charge in [-0.25, -0.2) is 4.98 Å². The normalized spacial score (nSPS) is 13.9. The van der Waals surface area contributed by atoms with Crippen molar-refractivity contribution in [2.24, 2.45) is 5.73 Å². The topological polar surface area (TPSA) is 52.0 Å². The van der Waals surface area contributed by atoms with Crippen molar-refractivity contribution in [1.82, 2.24) is 4.98 Å². The molecule has 0 fully saturated rings. The fraction of sp³-hybridized carbons (Fsp3) is 0.222. The molecule has 2 N–H and O–H groups in total. The summed E-state index contributed by atoms with van der Waals surface area (Å²) in [6, 6.07) is 0.745. The summed E-state index contributed by atoms with van der Waals surface area (Å²) in [5, 5.41) is -0.859. The van der Waals surface area contributed by atoms with Crippen LogP contribution in [0.3, 0.4) is 0 Å². The van der Waals surface area contributed by atoms with Gasteiger partial charge in [0.05, 0.1) is 12.3 Å². The van der Waals surface area contributed by atoms with Crippen LogP contribution < -0.4 is 5.73 Å². The highest BCUT2D eigenvalue weighted by molar-refractivity contribution is 7.11. The van der Waals surface area contributed by atoms with E-state index >= 15 is 0 Å². The Labute approximate surface area is 103 Å². The van der Waals surface area contributed by atoms with E-state index in [1.807, 2.05) is 0 Å². The molecule has 3 nitrogen and oxygen atoms in total. The molecule has 0 aliphatic carbocycles. The van der Waals surface area contributed by atoms with Crippen LogP contribution in [0, 0.1) is 0 Å². The zero-order chi connectivity index (χ0) is 12.6. The molecule has 1 atom stereocenters. The van der Waals surface area contributed by atoms with Gasteiger partial charge in [-0.15, -0.1) is 11.3 Å². The van der Waals surface area contributed by atoms with Gasteiger partial charge >= 0.3 is 6.18 Å². The van der Waals surface area contributed by atoms with Crippen LogP contribution in [-0.2, 0) is 6.18 Å². The van der Waals surface area contributed by atoms with Crippen molar-refractivity contribution in [3.63, 3.8) is 0 Å². The first kappa shape index (κ1) is 12.4. The van der Waals surface area contributed by atoms with Crippen molar-refractivity contribution in [2.45, 2.75) is 12.2 Å². The van der Waals surface area contributed by atoms with Gasteiger partial charge in [0.2, 0.25) is 0 Å². The van der Waals surface area contributed by atoms with E-state index < -0.39 is 17.2 Å². The Balaban J connectivity index is 2.30. The van der Waals surface area contributed by atoms with Gasteiger partial charge < -0.3 is 10.2 Å². The van der Waals surface area contributed by atoms with Gasteiger partial charge in [-0.3, -0.25) is 0 Å². The van der Waals surface area contributed by atoms with Gasteiger partial charge in [0.15, 0.2) is 10.2 Å². The number of alkyl halides is 3. The summed E-state index contributed by atoms with van der Waals surface area (Å²) in [6.45, 7) is 0. The number of thiazole rings is 1. The molecule has 0 aliphatic rings. The Hall–Kier alpha value is -1.05. The van der Waals surface area contributed by atoms with E-state index in [1.165, 1.54) is 12.3 Å². The fourth-order valence-corrected chi connectivity index (χ4v) is 2.28. The summed E-state index contributed by atoms with van der Waals surface area (Å²) in [5.41, 5.74) is 6.21. The Morgan fingerprint density at radius 1 is 1.47 bits per heavy atom. The standard InChI is InChI=1S/C9H6ClF3N2OS/c10-7-4(1-2-16-7)6(14)5-3-15-8(17-5)9(11,12)13/h1-3,6H,14H2. The van der Waals surface area contributed by atoms with Crippen molar-refractivity contribution in [2.75, 3.05) is 0 Å². The number of aromatic nitrogens is 1. The first-order valence-electron chi connectivity index (χ1n) is 4.41. The van der Waals surface area contributed by atoms with Gasteiger partial charge in [-0.2, -0.15) is 13.2 Å². The third-order valence-electron chi connectivity index (χ3n) is 2.05. The molecule has 0 bridgehead atoms. The second kappa shape index (κ2) is 4.32. The first-order chi connectivity index (χ1) is 7.89. The molecular weight excluding hydrogens is 277 g/mol. The minimum atomic E-state index is -4.46. The highest BCUT2D eigenvalue weighted by atomic mass is 35.5. The second-order valence-electron chi connectivity index (χ2n) is 3.19. The summed E-state index contributed by atoms with van der Waals surface area (Å²) in [5.74, 6) is 0. The number of nitrogens with zero attached hydrogens (tertiary/aromatic N) is 1. The maximum atomic E-state index is 12.3. The quantitative estimate of drug-likeness (QED) is 0.918. The molecule has 0 aromatic carbocycles. The number of nitrogens with two attached hydrogens (primary N) is 1. The average Bonchev–Trinajstić information content (AvgIpc) is 2.83. The predicted octanol–water partition coefficient (Wildman–Crippen LogP) is 3.46. The molecule has 92 valence electrons. The summed E-state index contributed by atoms with van der Waals surface area (Å²) < 4.78 is 41.9. The molecule has 0 saturated heterocycles. The van der Waals surface area contributed by atoms with E-state index in [4.69, 9.17) is 21.8 Å². The molecule has 2 aromatic rings. The van der Waals surface area contributed by atoms with E-state index in [2.05, 4.69) is 4.98 Å². The average molecular weight is 283 g/mol. The Morgan fingerprint density at radius 3 is 2.65 bits per heavy atom. The van der Waals surface area contributed by atoms with E-state index in [-0.39, 0.29) is 10.1 Å². The summed E-state index contributed by atoms with van der Waals surface area (Å²) >= 11 is 6.19. The number of furan rings is 1. The molecule has 2 rings (SSSR count). The van der Waals surface area contributed by atoms with Crippen molar-refractivity contribution in [3.05, 3.63) is 39.2 Å². The lowest BCUT2D eigenvalue weighted by molar-refractivity contribution is -0.137. The lowest BCUT2D eigenvalue weighted by atomic mass is 10.1. The minimum absolute atomic E-state index is 0.0689. The van der Waals surface area contributed by atoms with Gasteiger partial charge in [-0.1, -0.05) is 0 Å². The van der Waals surface area contributed by atoms with Crippen LogP contribution in [0.1, 0.15) is 21.5 Å². The van der Waals surface area contributed by atoms with Gasteiger partial charge in [-0.05, 0) is 17.7 Å². The van der Waals surface area contributed by atoms with Crippen LogP contribution in [0.15, 0.2) is 22.9 Å². The number of hydrogen-bond donors (Lipinski definition) is 1. The minimum Gasteiger partial charge on any atom is -0.453 e. The molecule has 0 spiro atoms. The third-order valence-corrected chi connectivity index (χ3v) is 3.49. The number of rotatable bonds is 2. The van der Waals surface area contributed by atoms with Gasteiger partial charge in [0.1, 0.15) is 0 Å². The highest BCUT2D eigenvalue weighted by Gasteiger charge is 2.35. The Kier molecular flexibility index (Phi) is 3.15. The maximum absolute atomic E-state index is 12.3. The molecule has 17 heavy (non-hydrogen) atoms. The molecule has 0 saturated carbocycles. The van der Waals surface area contributed by atoms with Crippen LogP contribution in [0.4, 0.5) is 13.2 Å². The molecule has 2 heterocycles. The molecule has 8 heteroatoms. The smallest absolute Gasteiger partial charge is 0.443 e. The third kappa shape index (κ3) is 2.46. The zero-order valence-electron chi connectivity index (χ0n) is 8.16.